The summed E-state index contributed by atoms with van der Waals surface area (Å²) in [6, 6.07) is -0.965. The van der Waals surface area contributed by atoms with Gasteiger partial charge in [0.2, 0.25) is 0 Å². The Balaban J connectivity index is 1.18. The average Bonchev–Trinajstić information content (AvgIpc) is 2.80. The molecule has 35 heavy (non-hydrogen) atoms. The van der Waals surface area contributed by atoms with E-state index < -0.39 is 6.04 Å². The summed E-state index contributed by atoms with van der Waals surface area (Å²) in [7, 11) is 0. The quantitative estimate of drug-likeness (QED) is 0.215. The Kier molecular flexibility index (Phi) is 7.43. The molecule has 0 aromatic rings. The molecule has 6 aliphatic rings. The number of hydrogen-bond acceptors (Lipinski definition) is 6. The van der Waals surface area contributed by atoms with Gasteiger partial charge in [0.15, 0.2) is 0 Å². The van der Waals surface area contributed by atoms with E-state index in [0.29, 0.717) is 29.7 Å². The van der Waals surface area contributed by atoms with Gasteiger partial charge in [0.05, 0.1) is 6.54 Å². The minimum atomic E-state index is -0.613. The molecule has 6 aliphatic carbocycles. The van der Waals surface area contributed by atoms with Gasteiger partial charge in [0.1, 0.15) is 12.1 Å². The molecule has 6 rings (SSSR count). The van der Waals surface area contributed by atoms with Crippen LogP contribution in [0.4, 0.5) is 0 Å². The third-order valence-electron chi connectivity index (χ3n) is 8.91. The third-order valence-corrected chi connectivity index (χ3v) is 9.48. The second-order valence-corrected chi connectivity index (χ2v) is 12.3. The largest absolute Gasteiger partial charge is 0.314 e. The van der Waals surface area contributed by atoms with Crippen molar-refractivity contribution in [3.8, 4) is 0 Å². The van der Waals surface area contributed by atoms with Gasteiger partial charge in [-0.2, -0.15) is 9.81 Å². The van der Waals surface area contributed by atoms with Crippen molar-refractivity contribution >= 4 is 29.4 Å². The molecule has 0 heterocycles. The molecule has 188 valence electrons. The van der Waals surface area contributed by atoms with E-state index in [-0.39, 0.29) is 23.3 Å². The van der Waals surface area contributed by atoms with Gasteiger partial charge in [-0.1, -0.05) is 57.4 Å². The first-order valence-electron chi connectivity index (χ1n) is 12.9. The minimum Gasteiger partial charge on any atom is -0.314 e. The highest BCUT2D eigenvalue weighted by atomic mass is 35.5. The summed E-state index contributed by atoms with van der Waals surface area (Å²) in [4.78, 5) is 27.9. The topological polar surface area (TPSA) is 83.2 Å². The van der Waals surface area contributed by atoms with Crippen molar-refractivity contribution in [1.82, 2.24) is 5.32 Å². The zero-order valence-corrected chi connectivity index (χ0v) is 21.7. The number of nitroso groups, excluding NO2 is 2. The molecule has 0 saturated heterocycles. The molecule has 4 unspecified atom stereocenters. The zero-order chi connectivity index (χ0) is 24.6. The van der Waals surface area contributed by atoms with Gasteiger partial charge in [-0.25, -0.2) is 0 Å². The van der Waals surface area contributed by atoms with Crippen LogP contribution in [0.1, 0.15) is 45.4 Å². The summed E-state index contributed by atoms with van der Waals surface area (Å²) in [6.45, 7) is 3.85. The van der Waals surface area contributed by atoms with Crippen LogP contribution in [0.15, 0.2) is 60.9 Å². The number of allylic oxidation sites excluding steroid dienone is 4. The lowest BCUT2D eigenvalue weighted by molar-refractivity contribution is -0.0791. The predicted molar refractivity (Wildman–Crippen MR) is 143 cm³/mol. The summed E-state index contributed by atoms with van der Waals surface area (Å²) >= 11 is 12.2. The third kappa shape index (κ3) is 5.12. The molecule has 0 aromatic carbocycles. The zero-order valence-electron chi connectivity index (χ0n) is 20.2. The summed E-state index contributed by atoms with van der Waals surface area (Å²) in [5, 5.41) is 11.0. The van der Waals surface area contributed by atoms with E-state index in [1.807, 2.05) is 12.3 Å². The van der Waals surface area contributed by atoms with E-state index >= 15 is 0 Å². The molecule has 8 heteroatoms. The Bertz CT molecular complexity index is 979. The van der Waals surface area contributed by atoms with Crippen molar-refractivity contribution in [2.75, 3.05) is 19.6 Å². The van der Waals surface area contributed by atoms with Crippen molar-refractivity contribution in [3.63, 3.8) is 0 Å². The van der Waals surface area contributed by atoms with E-state index in [9.17, 15) is 9.81 Å². The highest BCUT2D eigenvalue weighted by Gasteiger charge is 2.56. The predicted octanol–water partition coefficient (Wildman–Crippen LogP) is 6.51. The number of aliphatic imine (C=N–C) groups is 1. The van der Waals surface area contributed by atoms with Gasteiger partial charge in [-0.05, 0) is 80.3 Å². The Labute approximate surface area is 217 Å². The Hall–Kier alpha value is -1.63. The van der Waals surface area contributed by atoms with E-state index in [4.69, 9.17) is 23.2 Å². The lowest BCUT2D eigenvalue weighted by Gasteiger charge is -2.60. The Morgan fingerprint density at radius 1 is 1.00 bits per heavy atom. The molecule has 4 bridgehead atoms. The van der Waals surface area contributed by atoms with Crippen molar-refractivity contribution in [1.29, 1.82) is 0 Å². The molecule has 4 fully saturated rings. The molecule has 1 N–H and O–H groups in total. The van der Waals surface area contributed by atoms with Crippen molar-refractivity contribution in [3.05, 3.63) is 55.3 Å². The van der Waals surface area contributed by atoms with E-state index in [2.05, 4.69) is 39.7 Å². The smallest absolute Gasteiger partial charge is 0.135 e. The fourth-order valence-electron chi connectivity index (χ4n) is 7.96. The van der Waals surface area contributed by atoms with Gasteiger partial charge in [0.25, 0.3) is 0 Å². The average molecular weight is 518 g/mol. The number of nitrogens with zero attached hydrogens (tertiary/aromatic N) is 3. The van der Waals surface area contributed by atoms with Gasteiger partial charge in [-0.15, -0.1) is 0 Å². The molecule has 4 atom stereocenters. The first-order valence-corrected chi connectivity index (χ1v) is 13.7. The lowest BCUT2D eigenvalue weighted by atomic mass is 9.45. The minimum absolute atomic E-state index is 0.181. The van der Waals surface area contributed by atoms with Gasteiger partial charge in [-0.3, -0.25) is 4.99 Å². The van der Waals surface area contributed by atoms with Crippen LogP contribution in [0.2, 0.25) is 0 Å². The van der Waals surface area contributed by atoms with Crippen LogP contribution in [-0.2, 0) is 0 Å². The molecular formula is C27H34Cl2N4O2. The van der Waals surface area contributed by atoms with Crippen LogP contribution >= 0.6 is 23.2 Å². The fourth-order valence-corrected chi connectivity index (χ4v) is 8.62. The van der Waals surface area contributed by atoms with E-state index in [0.717, 1.165) is 23.3 Å². The maximum absolute atomic E-state index is 12.1. The summed E-state index contributed by atoms with van der Waals surface area (Å²) in [6.07, 6.45) is 17.6. The van der Waals surface area contributed by atoms with E-state index in [1.54, 1.807) is 6.08 Å². The molecule has 0 radical (unpaired) electrons. The summed E-state index contributed by atoms with van der Waals surface area (Å²) in [5.74, 6) is 2.52. The van der Waals surface area contributed by atoms with Gasteiger partial charge < -0.3 is 5.32 Å². The normalized spacial score (nSPS) is 40.3. The lowest BCUT2D eigenvalue weighted by Crippen LogP contribution is -2.52. The monoisotopic (exact) mass is 516 g/mol. The van der Waals surface area contributed by atoms with Crippen molar-refractivity contribution < 1.29 is 0 Å². The SMILES string of the molecule is CC1=CC(C23CC4CC(CC(C4)C2)C3)C(N=O)C(C=NCCNCC2C=C(Cl)C=C(Cl)C2N=O)=C1. The van der Waals surface area contributed by atoms with Gasteiger partial charge >= 0.3 is 0 Å². The number of hydrogen-bond donors (Lipinski definition) is 1. The first kappa shape index (κ1) is 25.0. The molecule has 4 saturated carbocycles. The van der Waals surface area contributed by atoms with Crippen molar-refractivity contribution in [2.24, 2.45) is 50.4 Å². The fraction of sp³-hybridized carbons (Fsp3) is 0.667. The number of nitrogens with one attached hydrogen (secondary N) is 1. The number of rotatable bonds is 9. The maximum atomic E-state index is 12.1. The Morgan fingerprint density at radius 2 is 1.66 bits per heavy atom. The van der Waals surface area contributed by atoms with Crippen molar-refractivity contribution in [2.45, 2.75) is 57.5 Å². The van der Waals surface area contributed by atoms with Crippen LogP contribution in [-0.4, -0.2) is 37.9 Å². The summed E-state index contributed by atoms with van der Waals surface area (Å²) < 4.78 is 0. The maximum Gasteiger partial charge on any atom is 0.135 e. The molecule has 6 nitrogen and oxygen atoms in total. The van der Waals surface area contributed by atoms with Crippen LogP contribution in [0, 0.1) is 44.8 Å². The highest BCUT2D eigenvalue weighted by Crippen LogP contribution is 2.64. The van der Waals surface area contributed by atoms with Crippen LogP contribution in [0.3, 0.4) is 0 Å². The number of halogens is 2. The van der Waals surface area contributed by atoms with Crippen LogP contribution in [0.5, 0.6) is 0 Å². The van der Waals surface area contributed by atoms with Gasteiger partial charge in [0, 0.05) is 41.2 Å². The second kappa shape index (κ2) is 10.4. The molecule has 0 spiro atoms. The highest BCUT2D eigenvalue weighted by molar-refractivity contribution is 6.35. The standard InChI is InChI=1S/C27H34Cl2N4O2/c1-16-4-20(14-30-2-3-31-15-21-9-22(28)10-24(29)26(21)33-35)25(32-34)23(5-16)27-11-17-6-18(12-27)8-19(7-17)13-27/h4-5,9-10,14,17-19,21,23,25-26,31H,2-3,6-8,11-13,15H2,1H3. The second-order valence-electron chi connectivity index (χ2n) is 11.4. The Morgan fingerprint density at radius 3 is 2.29 bits per heavy atom. The molecule has 0 aliphatic heterocycles. The summed E-state index contributed by atoms with van der Waals surface area (Å²) in [5.41, 5.74) is 2.38. The molecular weight excluding hydrogens is 483 g/mol. The van der Waals surface area contributed by atoms with Crippen LogP contribution < -0.4 is 5.32 Å². The van der Waals surface area contributed by atoms with Crippen LogP contribution in [0.25, 0.3) is 0 Å². The van der Waals surface area contributed by atoms with E-state index in [1.165, 1.54) is 44.1 Å². The molecule has 0 aromatic heterocycles. The first-order chi connectivity index (χ1) is 16.9. The molecule has 0 amide bonds.